The summed E-state index contributed by atoms with van der Waals surface area (Å²) in [7, 11) is 1.78. The Hall–Kier alpha value is -1.95. The first-order chi connectivity index (χ1) is 11.7. The zero-order valence-electron chi connectivity index (χ0n) is 14.0. The van der Waals surface area contributed by atoms with Gasteiger partial charge in [0.1, 0.15) is 13.2 Å². The van der Waals surface area contributed by atoms with E-state index in [1.807, 2.05) is 23.1 Å². The van der Waals surface area contributed by atoms with Crippen LogP contribution in [0.3, 0.4) is 0 Å². The van der Waals surface area contributed by atoms with Gasteiger partial charge in [-0.25, -0.2) is 4.79 Å². The van der Waals surface area contributed by atoms with Crippen molar-refractivity contribution in [2.45, 2.75) is 25.4 Å². The number of methoxy groups -OCH3 is 1. The van der Waals surface area contributed by atoms with Crippen molar-refractivity contribution in [1.29, 1.82) is 0 Å². The van der Waals surface area contributed by atoms with Crippen molar-refractivity contribution in [3.05, 3.63) is 18.2 Å². The normalized spacial score (nSPS) is 28.4. The lowest BCUT2D eigenvalue weighted by Crippen LogP contribution is -2.35. The van der Waals surface area contributed by atoms with E-state index in [1.54, 1.807) is 7.11 Å². The highest BCUT2D eigenvalue weighted by atomic mass is 16.6. The second kappa shape index (κ2) is 6.51. The first kappa shape index (κ1) is 15.6. The molecule has 24 heavy (non-hydrogen) atoms. The van der Waals surface area contributed by atoms with Crippen LogP contribution < -0.4 is 14.8 Å². The maximum absolute atomic E-state index is 12.6. The van der Waals surface area contributed by atoms with Crippen molar-refractivity contribution in [1.82, 2.24) is 4.90 Å². The third-order valence-electron chi connectivity index (χ3n) is 5.42. The second-order valence-electron chi connectivity index (χ2n) is 6.82. The minimum absolute atomic E-state index is 0.0454. The first-order valence-electron chi connectivity index (χ1n) is 8.73. The summed E-state index contributed by atoms with van der Waals surface area (Å²) in [5.41, 5.74) is 0.738. The fourth-order valence-corrected chi connectivity index (χ4v) is 4.20. The standard InChI is InChI=1S/C18H24N2O4/c1-22-15-4-2-3-12-10-20(11-14(12)15)18(21)19-13-5-6-16-17(9-13)24-8-7-23-16/h5-6,9,12,14-15H,2-4,7-8,10-11H2,1H3,(H,19,21)/t12-,14+,15-/m1/s1. The molecule has 0 radical (unpaired) electrons. The summed E-state index contributed by atoms with van der Waals surface area (Å²) < 4.78 is 16.7. The van der Waals surface area contributed by atoms with E-state index < -0.39 is 0 Å². The summed E-state index contributed by atoms with van der Waals surface area (Å²) in [6.07, 6.45) is 3.78. The lowest BCUT2D eigenvalue weighted by molar-refractivity contribution is 0.0130. The molecule has 2 amide bonds. The van der Waals surface area contributed by atoms with Crippen LogP contribution in [0.15, 0.2) is 18.2 Å². The molecule has 2 heterocycles. The van der Waals surface area contributed by atoms with Crippen LogP contribution in [0.25, 0.3) is 0 Å². The van der Waals surface area contributed by atoms with E-state index in [1.165, 1.54) is 12.8 Å². The summed E-state index contributed by atoms with van der Waals surface area (Å²) in [6, 6.07) is 5.48. The average Bonchev–Trinajstić information content (AvgIpc) is 3.06. The zero-order valence-corrected chi connectivity index (χ0v) is 14.0. The highest BCUT2D eigenvalue weighted by Gasteiger charge is 2.41. The maximum Gasteiger partial charge on any atom is 0.321 e. The number of benzene rings is 1. The predicted molar refractivity (Wildman–Crippen MR) is 89.7 cm³/mol. The van der Waals surface area contributed by atoms with E-state index in [9.17, 15) is 4.79 Å². The molecular formula is C18H24N2O4. The lowest BCUT2D eigenvalue weighted by Gasteiger charge is -2.31. The van der Waals surface area contributed by atoms with Gasteiger partial charge in [-0.15, -0.1) is 0 Å². The number of fused-ring (bicyclic) bond motifs is 2. The molecule has 0 aromatic heterocycles. The quantitative estimate of drug-likeness (QED) is 0.905. The fourth-order valence-electron chi connectivity index (χ4n) is 4.20. The molecule has 130 valence electrons. The Morgan fingerprint density at radius 2 is 2.04 bits per heavy atom. The predicted octanol–water partition coefficient (Wildman–Crippen LogP) is 2.74. The third-order valence-corrected chi connectivity index (χ3v) is 5.42. The highest BCUT2D eigenvalue weighted by molar-refractivity contribution is 5.90. The van der Waals surface area contributed by atoms with E-state index in [4.69, 9.17) is 14.2 Å². The fraction of sp³-hybridized carbons (Fsp3) is 0.611. The van der Waals surface area contributed by atoms with E-state index in [0.717, 1.165) is 30.9 Å². The number of rotatable bonds is 2. The van der Waals surface area contributed by atoms with Crippen LogP contribution in [0.2, 0.25) is 0 Å². The molecule has 3 aliphatic rings. The van der Waals surface area contributed by atoms with Gasteiger partial charge in [-0.3, -0.25) is 0 Å². The van der Waals surface area contributed by atoms with Crippen LogP contribution in [0.5, 0.6) is 11.5 Å². The summed E-state index contributed by atoms with van der Waals surface area (Å²) in [5.74, 6) is 2.45. The molecule has 0 spiro atoms. The number of carbonyl (C=O) groups excluding carboxylic acids is 1. The topological polar surface area (TPSA) is 60.0 Å². The highest BCUT2D eigenvalue weighted by Crippen LogP contribution is 2.38. The molecule has 2 aliphatic heterocycles. The van der Waals surface area contributed by atoms with E-state index in [0.29, 0.717) is 30.8 Å². The van der Waals surface area contributed by atoms with Crippen LogP contribution in [-0.2, 0) is 4.74 Å². The summed E-state index contributed by atoms with van der Waals surface area (Å²) in [4.78, 5) is 14.5. The number of likely N-dealkylation sites (tertiary alicyclic amines) is 1. The van der Waals surface area contributed by atoms with Gasteiger partial charge in [0, 0.05) is 37.9 Å². The molecule has 0 unspecified atom stereocenters. The zero-order chi connectivity index (χ0) is 16.5. The minimum Gasteiger partial charge on any atom is -0.486 e. The van der Waals surface area contributed by atoms with Gasteiger partial charge < -0.3 is 24.4 Å². The number of hydrogen-bond acceptors (Lipinski definition) is 4. The Morgan fingerprint density at radius 3 is 2.88 bits per heavy atom. The van der Waals surface area contributed by atoms with Crippen molar-refractivity contribution in [2.75, 3.05) is 38.7 Å². The number of carbonyl (C=O) groups is 1. The second-order valence-corrected chi connectivity index (χ2v) is 6.82. The number of urea groups is 1. The molecule has 1 aromatic carbocycles. The van der Waals surface area contributed by atoms with Crippen LogP contribution in [0.1, 0.15) is 19.3 Å². The Kier molecular flexibility index (Phi) is 4.22. The molecule has 4 rings (SSSR count). The molecule has 1 N–H and O–H groups in total. The Balaban J connectivity index is 1.41. The molecule has 1 saturated heterocycles. The number of nitrogens with one attached hydrogen (secondary N) is 1. The van der Waals surface area contributed by atoms with E-state index >= 15 is 0 Å². The van der Waals surface area contributed by atoms with Gasteiger partial charge in [0.25, 0.3) is 0 Å². The molecule has 0 bridgehead atoms. The monoisotopic (exact) mass is 332 g/mol. The minimum atomic E-state index is -0.0454. The van der Waals surface area contributed by atoms with Gasteiger partial charge in [-0.1, -0.05) is 6.42 Å². The Bertz CT molecular complexity index is 621. The van der Waals surface area contributed by atoms with Crippen LogP contribution in [0, 0.1) is 11.8 Å². The number of anilines is 1. The maximum atomic E-state index is 12.6. The summed E-state index contributed by atoms with van der Waals surface area (Å²) >= 11 is 0. The summed E-state index contributed by atoms with van der Waals surface area (Å²) in [6.45, 7) is 2.70. The molecule has 1 saturated carbocycles. The van der Waals surface area contributed by atoms with Crippen molar-refractivity contribution in [2.24, 2.45) is 11.8 Å². The molecular weight excluding hydrogens is 308 g/mol. The molecule has 2 fully saturated rings. The third kappa shape index (κ3) is 2.90. The SMILES string of the molecule is CO[C@@H]1CCC[C@@H]2CN(C(=O)Nc3ccc4c(c3)OCCO4)C[C@@H]21. The van der Waals surface area contributed by atoms with Gasteiger partial charge in [0.2, 0.25) is 0 Å². The van der Waals surface area contributed by atoms with Gasteiger partial charge in [-0.2, -0.15) is 0 Å². The number of amides is 2. The molecule has 3 atom stereocenters. The average molecular weight is 332 g/mol. The molecule has 6 nitrogen and oxygen atoms in total. The summed E-state index contributed by atoms with van der Waals surface area (Å²) in [5, 5.41) is 2.99. The van der Waals surface area contributed by atoms with Crippen LogP contribution in [0.4, 0.5) is 10.5 Å². The van der Waals surface area contributed by atoms with E-state index in [2.05, 4.69) is 5.32 Å². The van der Waals surface area contributed by atoms with Crippen molar-refractivity contribution >= 4 is 11.7 Å². The van der Waals surface area contributed by atoms with Crippen molar-refractivity contribution in [3.63, 3.8) is 0 Å². The first-order valence-corrected chi connectivity index (χ1v) is 8.73. The molecule has 6 heteroatoms. The van der Waals surface area contributed by atoms with Gasteiger partial charge >= 0.3 is 6.03 Å². The number of nitrogens with zero attached hydrogens (tertiary/aromatic N) is 1. The van der Waals surface area contributed by atoms with E-state index in [-0.39, 0.29) is 12.1 Å². The number of ether oxygens (including phenoxy) is 3. The van der Waals surface area contributed by atoms with Gasteiger partial charge in [0.15, 0.2) is 11.5 Å². The van der Waals surface area contributed by atoms with Gasteiger partial charge in [0.05, 0.1) is 6.10 Å². The number of hydrogen-bond donors (Lipinski definition) is 1. The van der Waals surface area contributed by atoms with Gasteiger partial charge in [-0.05, 0) is 30.9 Å². The van der Waals surface area contributed by atoms with Crippen molar-refractivity contribution < 1.29 is 19.0 Å². The van der Waals surface area contributed by atoms with Crippen molar-refractivity contribution in [3.8, 4) is 11.5 Å². The van der Waals surface area contributed by atoms with Crippen LogP contribution in [-0.4, -0.2) is 50.4 Å². The smallest absolute Gasteiger partial charge is 0.321 e. The lowest BCUT2D eigenvalue weighted by atomic mass is 9.79. The molecule has 1 aliphatic carbocycles. The Labute approximate surface area is 142 Å². The molecule has 1 aromatic rings. The largest absolute Gasteiger partial charge is 0.486 e. The Morgan fingerprint density at radius 1 is 1.21 bits per heavy atom. The van der Waals surface area contributed by atoms with Crippen LogP contribution >= 0.6 is 0 Å².